The molecule has 0 heterocycles. The fourth-order valence-electron chi connectivity index (χ4n) is 3.02. The number of carbonyl (C=O) groups excluding carboxylic acids is 1. The predicted molar refractivity (Wildman–Crippen MR) is 90.4 cm³/mol. The minimum absolute atomic E-state index is 0.0959. The normalized spacial score (nSPS) is 17.2. The summed E-state index contributed by atoms with van der Waals surface area (Å²) in [6.45, 7) is 4.46. The average molecular weight is 296 g/mol. The van der Waals surface area contributed by atoms with Crippen LogP contribution in [0.2, 0.25) is 0 Å². The molecule has 1 amide bonds. The molecule has 2 N–H and O–H groups in total. The number of carbonyl (C=O) groups is 1. The van der Waals surface area contributed by atoms with Crippen LogP contribution >= 0.6 is 0 Å². The van der Waals surface area contributed by atoms with Crippen LogP contribution in [0.1, 0.15) is 38.3 Å². The van der Waals surface area contributed by atoms with E-state index in [1.165, 1.54) is 16.3 Å². The molecule has 1 aliphatic rings. The van der Waals surface area contributed by atoms with E-state index in [9.17, 15) is 4.79 Å². The van der Waals surface area contributed by atoms with Crippen LogP contribution in [-0.4, -0.2) is 23.4 Å². The Kier molecular flexibility index (Phi) is 4.16. The van der Waals surface area contributed by atoms with Gasteiger partial charge >= 0.3 is 0 Å². The second-order valence-electron chi connectivity index (χ2n) is 6.40. The zero-order valence-electron chi connectivity index (χ0n) is 13.3. The molecule has 0 bridgehead atoms. The molecular formula is C19H24N2O. The number of nitrogens with zero attached hydrogens (tertiary/aromatic N) is 1. The van der Waals surface area contributed by atoms with E-state index in [1.54, 1.807) is 0 Å². The molecule has 2 unspecified atom stereocenters. The van der Waals surface area contributed by atoms with Crippen molar-refractivity contribution >= 4 is 16.7 Å². The summed E-state index contributed by atoms with van der Waals surface area (Å²) in [7, 11) is 0. The lowest BCUT2D eigenvalue weighted by molar-refractivity contribution is -0.137. The maximum atomic E-state index is 12.7. The van der Waals surface area contributed by atoms with Crippen LogP contribution in [0.3, 0.4) is 0 Å². The molecule has 3 nitrogen and oxygen atoms in total. The lowest BCUT2D eigenvalue weighted by atomic mass is 10.00. The number of benzene rings is 2. The molecule has 0 aromatic heterocycles. The second kappa shape index (κ2) is 6.09. The van der Waals surface area contributed by atoms with Gasteiger partial charge in [-0.15, -0.1) is 0 Å². The van der Waals surface area contributed by atoms with Gasteiger partial charge in [-0.25, -0.2) is 0 Å². The number of nitrogens with two attached hydrogens (primary N) is 1. The van der Waals surface area contributed by atoms with Crippen LogP contribution in [0.15, 0.2) is 42.5 Å². The third-order valence-corrected chi connectivity index (χ3v) is 4.64. The number of rotatable bonds is 5. The van der Waals surface area contributed by atoms with Gasteiger partial charge in [-0.2, -0.15) is 0 Å². The highest BCUT2D eigenvalue weighted by Gasteiger charge is 2.37. The van der Waals surface area contributed by atoms with Crippen molar-refractivity contribution in [1.82, 2.24) is 4.90 Å². The second-order valence-corrected chi connectivity index (χ2v) is 6.40. The number of hydrogen-bond donors (Lipinski definition) is 1. The lowest BCUT2D eigenvalue weighted by Gasteiger charge is -2.32. The van der Waals surface area contributed by atoms with E-state index in [1.807, 2.05) is 13.0 Å². The van der Waals surface area contributed by atoms with Crippen LogP contribution in [0.25, 0.3) is 10.8 Å². The largest absolute Gasteiger partial charge is 0.333 e. The number of hydrogen-bond acceptors (Lipinski definition) is 2. The van der Waals surface area contributed by atoms with Gasteiger partial charge in [-0.05, 0) is 42.2 Å². The van der Waals surface area contributed by atoms with E-state index >= 15 is 0 Å². The first kappa shape index (κ1) is 15.0. The molecule has 3 heteroatoms. The van der Waals surface area contributed by atoms with Crippen molar-refractivity contribution in [2.24, 2.45) is 11.7 Å². The Hall–Kier alpha value is -1.87. The first-order valence-corrected chi connectivity index (χ1v) is 8.12. The van der Waals surface area contributed by atoms with Gasteiger partial charge in [-0.3, -0.25) is 4.79 Å². The highest BCUT2D eigenvalue weighted by atomic mass is 16.2. The van der Waals surface area contributed by atoms with Gasteiger partial charge in [0.25, 0.3) is 0 Å². The highest BCUT2D eigenvalue weighted by Crippen LogP contribution is 2.36. The quantitative estimate of drug-likeness (QED) is 0.918. The van der Waals surface area contributed by atoms with Crippen molar-refractivity contribution in [3.63, 3.8) is 0 Å². The molecule has 1 fully saturated rings. The van der Waals surface area contributed by atoms with Gasteiger partial charge in [0.2, 0.25) is 5.91 Å². The van der Waals surface area contributed by atoms with E-state index in [0.717, 1.165) is 12.8 Å². The van der Waals surface area contributed by atoms with Crippen molar-refractivity contribution < 1.29 is 4.79 Å². The molecule has 0 spiro atoms. The maximum absolute atomic E-state index is 12.7. The summed E-state index contributed by atoms with van der Waals surface area (Å²) in [6.07, 6.45) is 2.22. The lowest BCUT2D eigenvalue weighted by Crippen LogP contribution is -2.41. The maximum Gasteiger partial charge on any atom is 0.227 e. The molecule has 3 rings (SSSR count). The third-order valence-electron chi connectivity index (χ3n) is 4.64. The molecular weight excluding hydrogens is 272 g/mol. The van der Waals surface area contributed by atoms with Crippen LogP contribution in [0.4, 0.5) is 0 Å². The fourth-order valence-corrected chi connectivity index (χ4v) is 3.02. The predicted octanol–water partition coefficient (Wildman–Crippen LogP) is 3.49. The van der Waals surface area contributed by atoms with E-state index in [-0.39, 0.29) is 17.9 Å². The summed E-state index contributed by atoms with van der Waals surface area (Å²) in [5.41, 5.74) is 6.89. The fraction of sp³-hybridized carbons (Fsp3) is 0.421. The Bertz CT molecular complexity index is 678. The Morgan fingerprint density at radius 3 is 2.50 bits per heavy atom. The monoisotopic (exact) mass is 296 g/mol. The van der Waals surface area contributed by atoms with Gasteiger partial charge in [0, 0.05) is 18.5 Å². The molecule has 22 heavy (non-hydrogen) atoms. The van der Waals surface area contributed by atoms with Gasteiger partial charge in [0.05, 0.1) is 6.04 Å². The van der Waals surface area contributed by atoms with Crippen molar-refractivity contribution in [1.29, 1.82) is 0 Å². The Morgan fingerprint density at radius 1 is 1.18 bits per heavy atom. The van der Waals surface area contributed by atoms with Gasteiger partial charge in [0.15, 0.2) is 0 Å². The van der Waals surface area contributed by atoms with Crippen molar-refractivity contribution in [2.75, 3.05) is 6.54 Å². The topological polar surface area (TPSA) is 46.3 Å². The Balaban J connectivity index is 1.91. The number of amides is 1. The Labute approximate surface area is 132 Å². The first-order chi connectivity index (χ1) is 10.6. The van der Waals surface area contributed by atoms with E-state index in [4.69, 9.17) is 5.73 Å². The zero-order valence-corrected chi connectivity index (χ0v) is 13.3. The van der Waals surface area contributed by atoms with Gasteiger partial charge in [0.1, 0.15) is 0 Å². The third kappa shape index (κ3) is 2.86. The summed E-state index contributed by atoms with van der Waals surface area (Å²) >= 11 is 0. The van der Waals surface area contributed by atoms with E-state index in [0.29, 0.717) is 12.6 Å². The summed E-state index contributed by atoms with van der Waals surface area (Å²) < 4.78 is 0. The zero-order chi connectivity index (χ0) is 15.7. The van der Waals surface area contributed by atoms with Crippen LogP contribution < -0.4 is 5.73 Å². The van der Waals surface area contributed by atoms with Crippen LogP contribution in [0.5, 0.6) is 0 Å². The minimum Gasteiger partial charge on any atom is -0.333 e. The smallest absolute Gasteiger partial charge is 0.227 e. The highest BCUT2D eigenvalue weighted by molar-refractivity contribution is 5.84. The number of fused-ring (bicyclic) bond motifs is 1. The summed E-state index contributed by atoms with van der Waals surface area (Å²) in [5.74, 6) is 0.0779. The van der Waals surface area contributed by atoms with Crippen LogP contribution in [0, 0.1) is 5.92 Å². The standard InChI is InChI=1S/C19H24N2O/c1-13(12-20)19(22)21(18-9-10-18)14(2)16-8-7-15-5-3-4-6-17(15)11-16/h3-8,11,13-14,18H,9-10,12,20H2,1-2H3. The molecule has 0 saturated heterocycles. The Morgan fingerprint density at radius 2 is 1.86 bits per heavy atom. The molecule has 2 aromatic rings. The SMILES string of the molecule is CC(CN)C(=O)N(C1CC1)C(C)c1ccc2ccccc2c1. The molecule has 2 atom stereocenters. The summed E-state index contributed by atoms with van der Waals surface area (Å²) in [6, 6.07) is 15.3. The van der Waals surface area contributed by atoms with E-state index in [2.05, 4.69) is 48.2 Å². The molecule has 2 aromatic carbocycles. The van der Waals surface area contributed by atoms with Crippen LogP contribution in [-0.2, 0) is 4.79 Å². The summed E-state index contributed by atoms with van der Waals surface area (Å²) in [5, 5.41) is 2.46. The van der Waals surface area contributed by atoms with Gasteiger partial charge in [-0.1, -0.05) is 43.3 Å². The first-order valence-electron chi connectivity index (χ1n) is 8.12. The minimum atomic E-state index is -0.108. The molecule has 0 aliphatic heterocycles. The van der Waals surface area contributed by atoms with Crippen molar-refractivity contribution in [3.05, 3.63) is 48.0 Å². The summed E-state index contributed by atoms with van der Waals surface area (Å²) in [4.78, 5) is 14.7. The molecule has 1 saturated carbocycles. The van der Waals surface area contributed by atoms with Crippen molar-refractivity contribution in [3.8, 4) is 0 Å². The molecule has 1 aliphatic carbocycles. The van der Waals surface area contributed by atoms with E-state index < -0.39 is 0 Å². The van der Waals surface area contributed by atoms with Gasteiger partial charge < -0.3 is 10.6 Å². The molecule has 0 radical (unpaired) electrons. The molecule has 116 valence electrons. The van der Waals surface area contributed by atoms with Crippen molar-refractivity contribution in [2.45, 2.75) is 38.8 Å². The average Bonchev–Trinajstić information content (AvgIpc) is 3.38.